The van der Waals surface area contributed by atoms with Gasteiger partial charge in [-0.25, -0.2) is 0 Å². The van der Waals surface area contributed by atoms with E-state index in [0.29, 0.717) is 13.1 Å². The topological polar surface area (TPSA) is 64.0 Å². The van der Waals surface area contributed by atoms with Gasteiger partial charge in [0.05, 0.1) is 13.0 Å². The summed E-state index contributed by atoms with van der Waals surface area (Å²) in [4.78, 5) is 14.3. The molecule has 0 aromatic heterocycles. The molecule has 0 saturated heterocycles. The van der Waals surface area contributed by atoms with Crippen LogP contribution in [0.25, 0.3) is 0 Å². The average molecular weight is 204 g/mol. The highest BCUT2D eigenvalue weighted by molar-refractivity contribution is 5.66. The van der Waals surface area contributed by atoms with Crippen LogP contribution in [-0.2, 0) is 4.79 Å². The molecule has 0 bridgehead atoms. The van der Waals surface area contributed by atoms with E-state index in [0.717, 1.165) is 13.1 Å². The van der Waals surface area contributed by atoms with Crippen molar-refractivity contribution in [2.24, 2.45) is 0 Å². The van der Waals surface area contributed by atoms with E-state index in [-0.39, 0.29) is 13.0 Å². The monoisotopic (exact) mass is 204 g/mol. The first kappa shape index (κ1) is 13.4. The fourth-order valence-corrected chi connectivity index (χ4v) is 1.07. The summed E-state index contributed by atoms with van der Waals surface area (Å²) in [5.74, 6) is -0.794. The van der Waals surface area contributed by atoms with Gasteiger partial charge in [0.15, 0.2) is 0 Å². The Kier molecular flexibility index (Phi) is 7.37. The highest BCUT2D eigenvalue weighted by Crippen LogP contribution is 1.92. The van der Waals surface area contributed by atoms with Crippen LogP contribution < -0.4 is 0 Å². The second-order valence-electron chi connectivity index (χ2n) is 3.51. The van der Waals surface area contributed by atoms with Crippen LogP contribution in [-0.4, -0.2) is 72.9 Å². The predicted molar refractivity (Wildman–Crippen MR) is 54.3 cm³/mol. The first-order valence-electron chi connectivity index (χ1n) is 4.76. The fourth-order valence-electron chi connectivity index (χ4n) is 1.07. The van der Waals surface area contributed by atoms with Gasteiger partial charge in [0.25, 0.3) is 0 Å². The fraction of sp³-hybridized carbons (Fsp3) is 0.889. The van der Waals surface area contributed by atoms with Crippen LogP contribution in [0, 0.1) is 0 Å². The van der Waals surface area contributed by atoms with Gasteiger partial charge in [-0.1, -0.05) is 0 Å². The molecule has 0 aliphatic carbocycles. The summed E-state index contributed by atoms with van der Waals surface area (Å²) in [5, 5.41) is 17.3. The molecule has 0 radical (unpaired) electrons. The highest BCUT2D eigenvalue weighted by atomic mass is 16.4. The standard InChI is InChI=1S/C9H20N2O3/c1-10(2)5-6-11(7-8-12)4-3-9(13)14/h12H,3-8H2,1-2H3,(H,13,14). The lowest BCUT2D eigenvalue weighted by Crippen LogP contribution is -2.35. The Morgan fingerprint density at radius 1 is 1.14 bits per heavy atom. The molecule has 0 fully saturated rings. The maximum Gasteiger partial charge on any atom is 0.304 e. The number of carboxylic acid groups (broad SMARTS) is 1. The minimum atomic E-state index is -0.794. The molecule has 0 heterocycles. The number of hydrogen-bond acceptors (Lipinski definition) is 4. The van der Waals surface area contributed by atoms with Crippen LogP contribution >= 0.6 is 0 Å². The minimum Gasteiger partial charge on any atom is -0.481 e. The van der Waals surface area contributed by atoms with Crippen LogP contribution in [0.4, 0.5) is 0 Å². The van der Waals surface area contributed by atoms with Crippen molar-refractivity contribution in [2.75, 3.05) is 46.9 Å². The molecule has 0 spiro atoms. The van der Waals surface area contributed by atoms with Crippen LogP contribution in [0.3, 0.4) is 0 Å². The molecule has 0 unspecified atom stereocenters. The zero-order valence-electron chi connectivity index (χ0n) is 8.94. The van der Waals surface area contributed by atoms with Gasteiger partial charge in [-0.05, 0) is 14.1 Å². The third kappa shape index (κ3) is 7.97. The molecular weight excluding hydrogens is 184 g/mol. The number of rotatable bonds is 8. The molecule has 0 amide bonds. The predicted octanol–water partition coefficient (Wildman–Crippen LogP) is -0.683. The quantitative estimate of drug-likeness (QED) is 0.548. The normalized spacial score (nSPS) is 11.2. The van der Waals surface area contributed by atoms with Gasteiger partial charge < -0.3 is 15.1 Å². The molecule has 0 aliphatic rings. The lowest BCUT2D eigenvalue weighted by molar-refractivity contribution is -0.137. The van der Waals surface area contributed by atoms with Crippen molar-refractivity contribution in [1.29, 1.82) is 0 Å². The molecule has 5 heteroatoms. The van der Waals surface area contributed by atoms with E-state index < -0.39 is 5.97 Å². The van der Waals surface area contributed by atoms with Crippen molar-refractivity contribution in [3.05, 3.63) is 0 Å². The van der Waals surface area contributed by atoms with Gasteiger partial charge in [0, 0.05) is 26.2 Å². The van der Waals surface area contributed by atoms with Gasteiger partial charge in [-0.2, -0.15) is 0 Å². The Hall–Kier alpha value is -0.650. The van der Waals surface area contributed by atoms with Crippen molar-refractivity contribution in [1.82, 2.24) is 9.80 Å². The molecule has 0 aromatic rings. The third-order valence-electron chi connectivity index (χ3n) is 1.92. The summed E-state index contributed by atoms with van der Waals surface area (Å²) >= 11 is 0. The summed E-state index contributed by atoms with van der Waals surface area (Å²) in [7, 11) is 3.93. The summed E-state index contributed by atoms with van der Waals surface area (Å²) in [6.07, 6.45) is 0.132. The Bertz CT molecular complexity index is 162. The molecule has 0 atom stereocenters. The largest absolute Gasteiger partial charge is 0.481 e. The smallest absolute Gasteiger partial charge is 0.304 e. The van der Waals surface area contributed by atoms with Gasteiger partial charge in [-0.15, -0.1) is 0 Å². The SMILES string of the molecule is CN(C)CCN(CCO)CCC(=O)O. The van der Waals surface area contributed by atoms with E-state index in [2.05, 4.69) is 0 Å². The van der Waals surface area contributed by atoms with Gasteiger partial charge >= 0.3 is 5.97 Å². The molecular formula is C9H20N2O3. The number of nitrogens with zero attached hydrogens (tertiary/aromatic N) is 2. The molecule has 84 valence electrons. The van der Waals surface area contributed by atoms with E-state index in [4.69, 9.17) is 10.2 Å². The van der Waals surface area contributed by atoms with Crippen molar-refractivity contribution < 1.29 is 15.0 Å². The van der Waals surface area contributed by atoms with Gasteiger partial charge in [0.2, 0.25) is 0 Å². The third-order valence-corrected chi connectivity index (χ3v) is 1.92. The van der Waals surface area contributed by atoms with E-state index >= 15 is 0 Å². The summed E-state index contributed by atoms with van der Waals surface area (Å²) in [6, 6.07) is 0. The summed E-state index contributed by atoms with van der Waals surface area (Å²) in [6.45, 7) is 2.79. The number of aliphatic hydroxyl groups excluding tert-OH is 1. The van der Waals surface area contributed by atoms with Crippen molar-refractivity contribution in [3.8, 4) is 0 Å². The van der Waals surface area contributed by atoms with Gasteiger partial charge in [0.1, 0.15) is 0 Å². The first-order chi connectivity index (χ1) is 6.56. The Morgan fingerprint density at radius 2 is 1.79 bits per heavy atom. The van der Waals surface area contributed by atoms with Crippen LogP contribution in [0.1, 0.15) is 6.42 Å². The molecule has 14 heavy (non-hydrogen) atoms. The van der Waals surface area contributed by atoms with Crippen LogP contribution in [0.5, 0.6) is 0 Å². The Balaban J connectivity index is 3.70. The number of carbonyl (C=O) groups is 1. The van der Waals surface area contributed by atoms with Crippen molar-refractivity contribution >= 4 is 5.97 Å². The van der Waals surface area contributed by atoms with E-state index in [1.54, 1.807) is 0 Å². The molecule has 0 rings (SSSR count). The Morgan fingerprint density at radius 3 is 2.21 bits per heavy atom. The van der Waals surface area contributed by atoms with Gasteiger partial charge in [-0.3, -0.25) is 9.69 Å². The average Bonchev–Trinajstić information content (AvgIpc) is 2.09. The van der Waals surface area contributed by atoms with E-state index in [1.165, 1.54) is 0 Å². The minimum absolute atomic E-state index is 0.0764. The number of aliphatic carboxylic acids is 1. The lowest BCUT2D eigenvalue weighted by atomic mass is 10.3. The second kappa shape index (κ2) is 7.73. The Labute approximate surface area is 84.9 Å². The molecule has 0 saturated carbocycles. The maximum absolute atomic E-state index is 10.3. The summed E-state index contributed by atoms with van der Waals surface area (Å²) in [5.41, 5.74) is 0. The molecule has 0 aromatic carbocycles. The molecule has 2 N–H and O–H groups in total. The zero-order chi connectivity index (χ0) is 11.0. The lowest BCUT2D eigenvalue weighted by Gasteiger charge is -2.22. The second-order valence-corrected chi connectivity index (χ2v) is 3.51. The number of hydrogen-bond donors (Lipinski definition) is 2. The molecule has 0 aliphatic heterocycles. The summed E-state index contributed by atoms with van der Waals surface area (Å²) < 4.78 is 0. The van der Waals surface area contributed by atoms with E-state index in [1.807, 2.05) is 23.9 Å². The number of carboxylic acids is 1. The van der Waals surface area contributed by atoms with Crippen molar-refractivity contribution in [3.63, 3.8) is 0 Å². The zero-order valence-corrected chi connectivity index (χ0v) is 8.94. The maximum atomic E-state index is 10.3. The van der Waals surface area contributed by atoms with E-state index in [9.17, 15) is 4.79 Å². The van der Waals surface area contributed by atoms with Crippen LogP contribution in [0.2, 0.25) is 0 Å². The van der Waals surface area contributed by atoms with Crippen LogP contribution in [0.15, 0.2) is 0 Å². The number of likely N-dealkylation sites (N-methyl/N-ethyl adjacent to an activating group) is 1. The highest BCUT2D eigenvalue weighted by Gasteiger charge is 2.06. The van der Waals surface area contributed by atoms with Crippen molar-refractivity contribution in [2.45, 2.75) is 6.42 Å². The number of aliphatic hydroxyl groups is 1. The molecule has 5 nitrogen and oxygen atoms in total. The first-order valence-corrected chi connectivity index (χ1v) is 4.76.